The van der Waals surface area contributed by atoms with Crippen LogP contribution in [0.4, 0.5) is 0 Å². The van der Waals surface area contributed by atoms with Gasteiger partial charge in [-0.05, 0) is 74.8 Å². The number of phenolic OH excluding ortho intramolecular Hbond substituents is 3. The molecule has 0 spiro atoms. The van der Waals surface area contributed by atoms with Crippen molar-refractivity contribution in [2.45, 2.75) is 79.1 Å². The van der Waals surface area contributed by atoms with E-state index >= 15 is 0 Å². The first-order valence-corrected chi connectivity index (χ1v) is 14.4. The summed E-state index contributed by atoms with van der Waals surface area (Å²) in [6.45, 7) is 12.8. The smallest absolute Gasteiger partial charge is 0.193 e. The minimum atomic E-state index is -0.480. The van der Waals surface area contributed by atoms with Crippen molar-refractivity contribution in [3.8, 4) is 17.2 Å². The Kier molecular flexibility index (Phi) is 8.73. The van der Waals surface area contributed by atoms with E-state index in [0.717, 1.165) is 31.2 Å². The molecule has 2 aliphatic rings. The molecule has 0 bridgehead atoms. The van der Waals surface area contributed by atoms with Gasteiger partial charge in [-0.1, -0.05) is 87.4 Å². The Morgan fingerprint density at radius 3 is 1.67 bits per heavy atom. The second kappa shape index (κ2) is 11.9. The van der Waals surface area contributed by atoms with Crippen LogP contribution in [0.2, 0.25) is 0 Å². The average molecular weight is 529 g/mol. The molecule has 39 heavy (non-hydrogen) atoms. The summed E-state index contributed by atoms with van der Waals surface area (Å²) in [7, 11) is 0. The van der Waals surface area contributed by atoms with Crippen LogP contribution in [0, 0.1) is 23.7 Å². The summed E-state index contributed by atoms with van der Waals surface area (Å²) in [5.74, 6) is -0.677. The predicted octanol–water partition coefficient (Wildman–Crippen LogP) is 8.89. The maximum Gasteiger partial charge on any atom is 0.193 e. The van der Waals surface area contributed by atoms with Crippen LogP contribution in [-0.4, -0.2) is 21.1 Å². The highest BCUT2D eigenvalue weighted by atomic mass is 16.3. The molecule has 4 atom stereocenters. The zero-order valence-electron chi connectivity index (χ0n) is 24.2. The molecule has 4 nitrogen and oxygen atoms in total. The molecule has 0 unspecified atom stereocenters. The first-order valence-electron chi connectivity index (χ1n) is 14.4. The van der Waals surface area contributed by atoms with E-state index in [2.05, 4.69) is 53.7 Å². The molecule has 2 aromatic rings. The highest BCUT2D eigenvalue weighted by molar-refractivity contribution is 6.11. The van der Waals surface area contributed by atoms with Crippen molar-refractivity contribution in [3.05, 3.63) is 82.0 Å². The maximum atomic E-state index is 13.7. The summed E-state index contributed by atoms with van der Waals surface area (Å²) in [6, 6.07) is 9.48. The highest BCUT2D eigenvalue weighted by Crippen LogP contribution is 2.56. The van der Waals surface area contributed by atoms with Crippen molar-refractivity contribution in [2.75, 3.05) is 0 Å². The Hall–Kier alpha value is -3.27. The van der Waals surface area contributed by atoms with Crippen molar-refractivity contribution in [2.24, 2.45) is 23.7 Å². The lowest BCUT2D eigenvalue weighted by Crippen LogP contribution is -2.24. The standard InChI is InChI=1S/C35H44O4/c1-20(2)25-15-12-22(5)18-27(25)30-33(37)31(28-19-23(6)13-16-26(28)21(3)4)35(39)32(34(30)38)29(36)17-14-24-10-8-7-9-11-24/h7-11,14,17-21,25-28,37-39H,12-13,15-16H2,1-6H3/t25-,26-,27+,28+/m1/s1. The minimum Gasteiger partial charge on any atom is -0.507 e. The fourth-order valence-corrected chi connectivity index (χ4v) is 6.70. The van der Waals surface area contributed by atoms with Gasteiger partial charge in [0, 0.05) is 23.0 Å². The van der Waals surface area contributed by atoms with Crippen LogP contribution in [-0.2, 0) is 0 Å². The molecule has 0 saturated carbocycles. The number of ketones is 1. The molecule has 208 valence electrons. The number of hydrogen-bond donors (Lipinski definition) is 3. The third-order valence-electron chi connectivity index (χ3n) is 8.94. The fraction of sp³-hybridized carbons (Fsp3) is 0.457. The Labute approximate surface area is 233 Å². The van der Waals surface area contributed by atoms with E-state index in [9.17, 15) is 20.1 Å². The lowest BCUT2D eigenvalue weighted by molar-refractivity contribution is 0.104. The summed E-state index contributed by atoms with van der Waals surface area (Å²) in [6.07, 6.45) is 11.2. The van der Waals surface area contributed by atoms with Crippen molar-refractivity contribution >= 4 is 11.9 Å². The van der Waals surface area contributed by atoms with E-state index in [0.29, 0.717) is 23.0 Å². The van der Waals surface area contributed by atoms with E-state index in [1.165, 1.54) is 17.2 Å². The van der Waals surface area contributed by atoms with Crippen LogP contribution in [0.25, 0.3) is 6.08 Å². The SMILES string of the molecule is CC1=C[C@H](c2c(O)c(C(=O)C=Cc3ccccc3)c(O)c([C@H]3C=C(C)CC[C@@H]3C(C)C)c2O)[C@@H](C(C)C)CC1. The minimum absolute atomic E-state index is 0.0724. The van der Waals surface area contributed by atoms with Crippen LogP contribution in [0.15, 0.2) is 59.7 Å². The summed E-state index contributed by atoms with van der Waals surface area (Å²) in [4.78, 5) is 13.7. The third kappa shape index (κ3) is 5.85. The summed E-state index contributed by atoms with van der Waals surface area (Å²) < 4.78 is 0. The molecule has 2 aliphatic carbocycles. The molecule has 3 N–H and O–H groups in total. The van der Waals surface area contributed by atoms with Gasteiger partial charge in [0.1, 0.15) is 22.8 Å². The van der Waals surface area contributed by atoms with Gasteiger partial charge in [-0.2, -0.15) is 0 Å². The zero-order chi connectivity index (χ0) is 28.4. The zero-order valence-corrected chi connectivity index (χ0v) is 24.2. The largest absolute Gasteiger partial charge is 0.507 e. The quantitative estimate of drug-likeness (QED) is 0.190. The molecule has 0 aromatic heterocycles. The van der Waals surface area contributed by atoms with Crippen molar-refractivity contribution < 1.29 is 20.1 Å². The van der Waals surface area contributed by atoms with Crippen molar-refractivity contribution in [1.29, 1.82) is 0 Å². The normalized spacial score (nSPS) is 23.8. The Morgan fingerprint density at radius 1 is 0.769 bits per heavy atom. The lowest BCUT2D eigenvalue weighted by atomic mass is 9.68. The first-order chi connectivity index (χ1) is 18.5. The predicted molar refractivity (Wildman–Crippen MR) is 159 cm³/mol. The molecule has 4 heteroatoms. The molecule has 0 saturated heterocycles. The van der Waals surface area contributed by atoms with Gasteiger partial charge in [-0.15, -0.1) is 0 Å². The van der Waals surface area contributed by atoms with Gasteiger partial charge in [-0.25, -0.2) is 0 Å². The van der Waals surface area contributed by atoms with Crippen molar-refractivity contribution in [3.63, 3.8) is 0 Å². The van der Waals surface area contributed by atoms with Crippen LogP contribution < -0.4 is 0 Å². The number of phenols is 3. The Morgan fingerprint density at radius 2 is 1.23 bits per heavy atom. The van der Waals surface area contributed by atoms with Crippen LogP contribution in [0.5, 0.6) is 17.2 Å². The molecular weight excluding hydrogens is 484 g/mol. The fourth-order valence-electron chi connectivity index (χ4n) is 6.70. The second-order valence-electron chi connectivity index (χ2n) is 12.3. The molecule has 0 radical (unpaired) electrons. The van der Waals surface area contributed by atoms with Gasteiger partial charge < -0.3 is 15.3 Å². The summed E-state index contributed by atoms with van der Waals surface area (Å²) in [5.41, 5.74) is 3.88. The number of rotatable bonds is 7. The van der Waals surface area contributed by atoms with E-state index in [1.54, 1.807) is 6.08 Å². The molecule has 0 aliphatic heterocycles. The Bertz CT molecular complexity index is 1230. The summed E-state index contributed by atoms with van der Waals surface area (Å²) in [5, 5.41) is 35.3. The lowest BCUT2D eigenvalue weighted by Gasteiger charge is -2.37. The number of aromatic hydroxyl groups is 3. The van der Waals surface area contributed by atoms with Crippen LogP contribution in [0.3, 0.4) is 0 Å². The van der Waals surface area contributed by atoms with Gasteiger partial charge in [0.2, 0.25) is 0 Å². The molecule has 4 rings (SSSR count). The van der Waals surface area contributed by atoms with E-state index in [1.807, 2.05) is 30.3 Å². The van der Waals surface area contributed by atoms with Gasteiger partial charge in [0.15, 0.2) is 5.78 Å². The number of carbonyl (C=O) groups excluding carboxylic acids is 1. The number of carbonyl (C=O) groups is 1. The summed E-state index contributed by atoms with van der Waals surface area (Å²) >= 11 is 0. The number of benzene rings is 2. The molecule has 2 aromatic carbocycles. The molecule has 0 fully saturated rings. The average Bonchev–Trinajstić information content (AvgIpc) is 2.88. The first kappa shape index (κ1) is 28.7. The van der Waals surface area contributed by atoms with Crippen LogP contribution in [0.1, 0.15) is 106 Å². The molecular formula is C35H44O4. The molecule has 0 amide bonds. The van der Waals surface area contributed by atoms with Gasteiger partial charge in [0.25, 0.3) is 0 Å². The van der Waals surface area contributed by atoms with E-state index in [4.69, 9.17) is 0 Å². The molecule has 0 heterocycles. The van der Waals surface area contributed by atoms with E-state index in [-0.39, 0.29) is 46.5 Å². The topological polar surface area (TPSA) is 77.8 Å². The van der Waals surface area contributed by atoms with Gasteiger partial charge in [0.05, 0.1) is 0 Å². The van der Waals surface area contributed by atoms with Crippen LogP contribution >= 0.6 is 0 Å². The van der Waals surface area contributed by atoms with Gasteiger partial charge in [-0.3, -0.25) is 4.79 Å². The third-order valence-corrected chi connectivity index (χ3v) is 8.94. The van der Waals surface area contributed by atoms with E-state index < -0.39 is 5.78 Å². The Balaban J connectivity index is 1.98. The number of allylic oxidation sites excluding steroid dienone is 5. The van der Waals surface area contributed by atoms with Crippen molar-refractivity contribution in [1.82, 2.24) is 0 Å². The maximum absolute atomic E-state index is 13.7. The second-order valence-corrected chi connectivity index (χ2v) is 12.3. The number of hydrogen-bond acceptors (Lipinski definition) is 4. The highest BCUT2D eigenvalue weighted by Gasteiger charge is 2.39. The van der Waals surface area contributed by atoms with Gasteiger partial charge >= 0.3 is 0 Å². The monoisotopic (exact) mass is 528 g/mol.